The largest absolute Gasteiger partial charge is 0.487 e. The summed E-state index contributed by atoms with van der Waals surface area (Å²) in [5.74, 6) is 1.70. The summed E-state index contributed by atoms with van der Waals surface area (Å²) < 4.78 is 11.2. The average molecular weight is 415 g/mol. The van der Waals surface area contributed by atoms with Crippen molar-refractivity contribution in [2.45, 2.75) is 13.5 Å². The number of aryl methyl sites for hydroxylation is 1. The Morgan fingerprint density at radius 2 is 2.04 bits per heavy atom. The maximum atomic E-state index is 6.34. The van der Waals surface area contributed by atoms with Gasteiger partial charge in [0.1, 0.15) is 28.7 Å². The van der Waals surface area contributed by atoms with Crippen molar-refractivity contribution in [3.8, 4) is 23.0 Å². The Labute approximate surface area is 171 Å². The van der Waals surface area contributed by atoms with Crippen molar-refractivity contribution in [1.29, 1.82) is 0 Å². The van der Waals surface area contributed by atoms with E-state index in [1.165, 1.54) is 13.3 Å². The number of ether oxygens (including phenoxy) is 2. The Bertz CT molecular complexity index is 1150. The lowest BCUT2D eigenvalue weighted by Gasteiger charge is -2.14. The summed E-state index contributed by atoms with van der Waals surface area (Å²) in [5.41, 5.74) is 3.16. The number of H-pyrrole nitrogens is 1. The van der Waals surface area contributed by atoms with Gasteiger partial charge in [-0.1, -0.05) is 35.3 Å². The summed E-state index contributed by atoms with van der Waals surface area (Å²) in [4.78, 5) is 16.2. The fourth-order valence-electron chi connectivity index (χ4n) is 2.98. The molecule has 0 saturated heterocycles. The number of rotatable bonds is 5. The Morgan fingerprint density at radius 1 is 1.18 bits per heavy atom. The van der Waals surface area contributed by atoms with Crippen molar-refractivity contribution in [3.63, 3.8) is 0 Å². The van der Waals surface area contributed by atoms with Gasteiger partial charge in [-0.25, -0.2) is 15.0 Å². The van der Waals surface area contributed by atoms with Crippen LogP contribution in [0.1, 0.15) is 11.3 Å². The Kier molecular flexibility index (Phi) is 5.07. The normalized spacial score (nSPS) is 11.0. The second-order valence-corrected chi connectivity index (χ2v) is 6.88. The van der Waals surface area contributed by atoms with E-state index in [1.54, 1.807) is 12.4 Å². The number of para-hydroxylation sites is 1. The van der Waals surface area contributed by atoms with Crippen molar-refractivity contribution in [1.82, 2.24) is 19.9 Å². The topological polar surface area (TPSA) is 72.9 Å². The molecule has 6 nitrogen and oxygen atoms in total. The number of hydrogen-bond donors (Lipinski definition) is 1. The molecule has 0 bridgehead atoms. The van der Waals surface area contributed by atoms with Gasteiger partial charge >= 0.3 is 0 Å². The molecule has 1 N–H and O–H groups in total. The number of pyridine rings is 2. The van der Waals surface area contributed by atoms with Crippen LogP contribution in [0.5, 0.6) is 11.6 Å². The monoisotopic (exact) mass is 414 g/mol. The molecule has 0 aliphatic carbocycles. The van der Waals surface area contributed by atoms with Gasteiger partial charge in [0.2, 0.25) is 5.88 Å². The molecule has 0 amide bonds. The molecule has 0 unspecified atom stereocenters. The molecule has 4 rings (SSSR count). The van der Waals surface area contributed by atoms with E-state index in [1.807, 2.05) is 31.2 Å². The van der Waals surface area contributed by atoms with Crippen LogP contribution >= 0.6 is 23.2 Å². The molecular weight excluding hydrogens is 399 g/mol. The summed E-state index contributed by atoms with van der Waals surface area (Å²) in [5, 5.41) is 1.67. The van der Waals surface area contributed by atoms with Gasteiger partial charge in [0, 0.05) is 34.6 Å². The number of fused-ring (bicyclic) bond motifs is 1. The first-order valence-corrected chi connectivity index (χ1v) is 9.24. The molecule has 142 valence electrons. The van der Waals surface area contributed by atoms with E-state index in [0.29, 0.717) is 27.2 Å². The number of nitrogens with zero attached hydrogens (tertiary/aromatic N) is 3. The third-order valence-corrected chi connectivity index (χ3v) is 5.00. The van der Waals surface area contributed by atoms with Crippen LogP contribution in [-0.2, 0) is 6.61 Å². The molecule has 0 atom stereocenters. The maximum absolute atomic E-state index is 6.34. The molecule has 0 spiro atoms. The maximum Gasteiger partial charge on any atom is 0.232 e. The first-order chi connectivity index (χ1) is 13.6. The van der Waals surface area contributed by atoms with E-state index in [4.69, 9.17) is 32.7 Å². The summed E-state index contributed by atoms with van der Waals surface area (Å²) in [6.45, 7) is 2.09. The lowest BCUT2D eigenvalue weighted by molar-refractivity contribution is 0.308. The summed E-state index contributed by atoms with van der Waals surface area (Å²) in [7, 11) is 1.50. The third-order valence-electron chi connectivity index (χ3n) is 4.29. The summed E-state index contributed by atoms with van der Waals surface area (Å²) in [6, 6.07) is 7.76. The number of benzene rings is 1. The third kappa shape index (κ3) is 3.37. The fraction of sp³-hybridized carbons (Fsp3) is 0.150. The average Bonchev–Trinajstić information content (AvgIpc) is 3.22. The van der Waals surface area contributed by atoms with Crippen molar-refractivity contribution in [3.05, 3.63) is 64.2 Å². The first kappa shape index (κ1) is 18.5. The molecule has 4 aromatic rings. The fourth-order valence-corrected chi connectivity index (χ4v) is 3.51. The van der Waals surface area contributed by atoms with Gasteiger partial charge in [0.05, 0.1) is 18.3 Å². The SMILES string of the molecule is COc1ncc(Cl)c(COc2cccc3c(-c4ncc[nH]4)cc(C)nc23)c1Cl. The van der Waals surface area contributed by atoms with Crippen molar-refractivity contribution >= 4 is 34.1 Å². The minimum absolute atomic E-state index is 0.154. The van der Waals surface area contributed by atoms with Crippen LogP contribution in [0.25, 0.3) is 22.3 Å². The highest BCUT2D eigenvalue weighted by Gasteiger charge is 2.16. The smallest absolute Gasteiger partial charge is 0.232 e. The Hall–Kier alpha value is -2.83. The van der Waals surface area contributed by atoms with Crippen LogP contribution in [0.4, 0.5) is 0 Å². The molecule has 0 fully saturated rings. The predicted molar refractivity (Wildman–Crippen MR) is 109 cm³/mol. The highest BCUT2D eigenvalue weighted by Crippen LogP contribution is 2.35. The standard InChI is InChI=1S/C20H16Cl2N4O2/c1-11-8-13(19-23-6-7-24-19)12-4-3-5-16(18(12)26-11)28-10-14-15(21)9-25-20(27-2)17(14)22/h3-9H,10H2,1-2H3,(H,23,24). The van der Waals surface area contributed by atoms with Crippen LogP contribution in [0, 0.1) is 6.92 Å². The summed E-state index contributed by atoms with van der Waals surface area (Å²) >= 11 is 12.6. The van der Waals surface area contributed by atoms with Crippen molar-refractivity contribution < 1.29 is 9.47 Å². The molecule has 8 heteroatoms. The lowest BCUT2D eigenvalue weighted by Crippen LogP contribution is -2.02. The van der Waals surface area contributed by atoms with E-state index < -0.39 is 0 Å². The van der Waals surface area contributed by atoms with E-state index in [9.17, 15) is 0 Å². The van der Waals surface area contributed by atoms with Crippen LogP contribution in [0.15, 0.2) is 42.9 Å². The summed E-state index contributed by atoms with van der Waals surface area (Å²) in [6.07, 6.45) is 5.00. The molecule has 3 aromatic heterocycles. The molecule has 0 aliphatic rings. The van der Waals surface area contributed by atoms with E-state index >= 15 is 0 Å². The number of hydrogen-bond acceptors (Lipinski definition) is 5. The van der Waals surface area contributed by atoms with Crippen molar-refractivity contribution in [2.24, 2.45) is 0 Å². The van der Waals surface area contributed by atoms with Gasteiger partial charge in [0.15, 0.2) is 0 Å². The molecule has 3 heterocycles. The zero-order valence-corrected chi connectivity index (χ0v) is 16.7. The van der Waals surface area contributed by atoms with Gasteiger partial charge in [-0.3, -0.25) is 0 Å². The van der Waals surface area contributed by atoms with Crippen LogP contribution in [-0.4, -0.2) is 27.0 Å². The quantitative estimate of drug-likeness (QED) is 0.484. The second-order valence-electron chi connectivity index (χ2n) is 6.10. The number of aromatic nitrogens is 4. The molecule has 1 aromatic carbocycles. The number of aromatic amines is 1. The molecule has 0 saturated carbocycles. The zero-order valence-electron chi connectivity index (χ0n) is 15.2. The molecular formula is C20H16Cl2N4O2. The van der Waals surface area contributed by atoms with Crippen molar-refractivity contribution in [2.75, 3.05) is 7.11 Å². The highest BCUT2D eigenvalue weighted by molar-refractivity contribution is 6.36. The number of methoxy groups -OCH3 is 1. The Morgan fingerprint density at radius 3 is 2.79 bits per heavy atom. The molecule has 0 radical (unpaired) electrons. The first-order valence-electron chi connectivity index (χ1n) is 8.48. The predicted octanol–water partition coefficient (Wildman–Crippen LogP) is 5.22. The lowest BCUT2D eigenvalue weighted by atomic mass is 10.1. The molecule has 0 aliphatic heterocycles. The number of nitrogens with one attached hydrogen (secondary N) is 1. The van der Waals surface area contributed by atoms with Gasteiger partial charge < -0.3 is 14.5 Å². The zero-order chi connectivity index (χ0) is 19.7. The van der Waals surface area contributed by atoms with Gasteiger partial charge in [-0.05, 0) is 19.1 Å². The van der Waals surface area contributed by atoms with Crippen LogP contribution < -0.4 is 9.47 Å². The van der Waals surface area contributed by atoms with E-state index in [0.717, 1.165) is 28.0 Å². The van der Waals surface area contributed by atoms with Gasteiger partial charge in [-0.2, -0.15) is 0 Å². The Balaban J connectivity index is 1.75. The van der Waals surface area contributed by atoms with Crippen LogP contribution in [0.3, 0.4) is 0 Å². The molecule has 28 heavy (non-hydrogen) atoms. The van der Waals surface area contributed by atoms with Gasteiger partial charge in [0.25, 0.3) is 0 Å². The van der Waals surface area contributed by atoms with E-state index in [2.05, 4.69) is 19.9 Å². The number of halogens is 2. The highest BCUT2D eigenvalue weighted by atomic mass is 35.5. The van der Waals surface area contributed by atoms with E-state index in [-0.39, 0.29) is 6.61 Å². The van der Waals surface area contributed by atoms with Crippen LogP contribution in [0.2, 0.25) is 10.0 Å². The minimum Gasteiger partial charge on any atom is -0.487 e. The van der Waals surface area contributed by atoms with Gasteiger partial charge in [-0.15, -0.1) is 0 Å². The minimum atomic E-state index is 0.154. The number of imidazole rings is 1. The second kappa shape index (κ2) is 7.66.